The molecule has 0 unspecified atom stereocenters. The monoisotopic (exact) mass is 413 g/mol. The average molecular weight is 413 g/mol. The molecule has 0 spiro atoms. The van der Waals surface area contributed by atoms with Crippen LogP contribution >= 0.6 is 0 Å². The molecule has 154 valence electrons. The summed E-state index contributed by atoms with van der Waals surface area (Å²) in [6.07, 6.45) is 0.731. The molecule has 2 heterocycles. The van der Waals surface area contributed by atoms with Gasteiger partial charge in [-0.05, 0) is 54.0 Å². The minimum atomic E-state index is -2.50. The summed E-state index contributed by atoms with van der Waals surface area (Å²) in [7, 11) is 0. The van der Waals surface area contributed by atoms with Gasteiger partial charge in [-0.15, -0.1) is 5.10 Å². The van der Waals surface area contributed by atoms with Gasteiger partial charge in [0.25, 0.3) is 11.9 Å². The van der Waals surface area contributed by atoms with E-state index in [0.29, 0.717) is 23.6 Å². The molecule has 7 nitrogen and oxygen atoms in total. The largest absolute Gasteiger partial charge is 0.334 e. The van der Waals surface area contributed by atoms with Crippen LogP contribution in [0.2, 0.25) is 0 Å². The highest BCUT2D eigenvalue weighted by molar-refractivity contribution is 6.04. The van der Waals surface area contributed by atoms with Crippen LogP contribution in [-0.2, 0) is 6.98 Å². The molecule has 9 heteroatoms. The van der Waals surface area contributed by atoms with Gasteiger partial charge in [-0.3, -0.25) is 4.79 Å². The van der Waals surface area contributed by atoms with Crippen molar-refractivity contribution in [2.24, 2.45) is 6.98 Å². The van der Waals surface area contributed by atoms with Crippen LogP contribution < -0.4 is 10.2 Å². The predicted octanol–water partition coefficient (Wildman–Crippen LogP) is 3.42. The summed E-state index contributed by atoms with van der Waals surface area (Å²) in [4.78, 5) is 14.8. The van der Waals surface area contributed by atoms with Crippen molar-refractivity contribution in [2.75, 3.05) is 23.3 Å². The van der Waals surface area contributed by atoms with E-state index >= 15 is 0 Å². The van der Waals surface area contributed by atoms with Crippen LogP contribution in [0, 0.1) is 11.6 Å². The van der Waals surface area contributed by atoms with Crippen molar-refractivity contribution in [2.45, 2.75) is 13.3 Å². The van der Waals surface area contributed by atoms with Crippen LogP contribution in [0.15, 0.2) is 48.0 Å². The Hall–Kier alpha value is -3.62. The second-order valence-electron chi connectivity index (χ2n) is 6.94. The Balaban J connectivity index is 1.49. The number of carbonyl (C=O) groups is 1. The van der Waals surface area contributed by atoms with Gasteiger partial charge in [0.1, 0.15) is 0 Å². The summed E-state index contributed by atoms with van der Waals surface area (Å²) in [6, 6.07) is 10.4. The van der Waals surface area contributed by atoms with E-state index in [1.165, 1.54) is 12.1 Å². The molecule has 3 aromatic rings. The Kier molecular flexibility index (Phi) is 4.33. The van der Waals surface area contributed by atoms with Gasteiger partial charge in [0.05, 0.1) is 12.5 Å². The molecule has 0 bridgehead atoms. The van der Waals surface area contributed by atoms with Crippen molar-refractivity contribution in [3.63, 3.8) is 0 Å². The summed E-state index contributed by atoms with van der Waals surface area (Å²) in [6.45, 7) is 0.597. The van der Waals surface area contributed by atoms with E-state index in [-0.39, 0.29) is 11.5 Å². The lowest BCUT2D eigenvalue weighted by Gasteiger charge is -2.29. The number of carbonyl (C=O) groups excluding carboxylic acids is 1. The molecule has 0 fully saturated rings. The minimum absolute atomic E-state index is 0.233. The molecule has 1 N–H and O–H groups in total. The fourth-order valence-electron chi connectivity index (χ4n) is 3.33. The van der Waals surface area contributed by atoms with E-state index in [2.05, 4.69) is 20.7 Å². The Bertz CT molecular complexity index is 1220. The number of rotatable bonds is 4. The molecule has 30 heavy (non-hydrogen) atoms. The molecule has 1 aliphatic heterocycles. The molecule has 1 aromatic heterocycles. The number of nitrogens with zero attached hydrogens (tertiary/aromatic N) is 5. The highest BCUT2D eigenvalue weighted by atomic mass is 19.2. The number of hydrogen-bond donors (Lipinski definition) is 1. The predicted molar refractivity (Wildman–Crippen MR) is 109 cm³/mol. The van der Waals surface area contributed by atoms with Crippen molar-refractivity contribution < 1.29 is 17.7 Å². The zero-order valence-electron chi connectivity index (χ0n) is 19.1. The van der Waals surface area contributed by atoms with Crippen LogP contribution in [0.5, 0.6) is 0 Å². The highest BCUT2D eigenvalue weighted by Crippen LogP contribution is 2.29. The van der Waals surface area contributed by atoms with Crippen molar-refractivity contribution in [1.82, 2.24) is 20.2 Å². The molecule has 1 aliphatic rings. The third kappa shape index (κ3) is 3.91. The summed E-state index contributed by atoms with van der Waals surface area (Å²) < 4.78 is 49.4. The molecule has 0 saturated carbocycles. The summed E-state index contributed by atoms with van der Waals surface area (Å²) in [5.74, 6) is -2.80. The van der Waals surface area contributed by atoms with Crippen LogP contribution in [-0.4, -0.2) is 39.2 Å². The van der Waals surface area contributed by atoms with Crippen LogP contribution in [0.4, 0.5) is 20.4 Å². The van der Waals surface area contributed by atoms with Crippen molar-refractivity contribution >= 4 is 23.1 Å². The van der Waals surface area contributed by atoms with Crippen LogP contribution in [0.3, 0.4) is 0 Å². The van der Waals surface area contributed by atoms with Gasteiger partial charge in [-0.1, -0.05) is 28.9 Å². The Morgan fingerprint density at radius 2 is 2.00 bits per heavy atom. The lowest BCUT2D eigenvalue weighted by Crippen LogP contribution is -2.31. The minimum Gasteiger partial charge on any atom is -0.334 e. The second-order valence-corrected chi connectivity index (χ2v) is 6.94. The first-order chi connectivity index (χ1) is 15.6. The fourth-order valence-corrected chi connectivity index (χ4v) is 3.33. The summed E-state index contributed by atoms with van der Waals surface area (Å²) >= 11 is 0. The zero-order chi connectivity index (χ0) is 23.8. The van der Waals surface area contributed by atoms with Gasteiger partial charge in [0, 0.05) is 22.9 Å². The maximum atomic E-state index is 13.9. The summed E-state index contributed by atoms with van der Waals surface area (Å²) in [5, 5.41) is 14.0. The average Bonchev–Trinajstić information content (AvgIpc) is 3.28. The molecule has 0 saturated heterocycles. The van der Waals surface area contributed by atoms with E-state index in [9.17, 15) is 13.6 Å². The normalized spacial score (nSPS) is 16.1. The van der Waals surface area contributed by atoms with Crippen molar-refractivity contribution in [1.29, 1.82) is 0 Å². The standard InChI is InChI=1S/C21H20F2N6O/c1-13-10-11-29(21-25-27-28(2)26-21)12-17(13)14-6-8-15(9-7-14)24-20(30)16-4-3-5-18(22)19(16)23/h3-9H,10-12H2,1-2H3,(H,24,30)/i2D3. The Morgan fingerprint density at radius 1 is 1.20 bits per heavy atom. The van der Waals surface area contributed by atoms with Gasteiger partial charge in [0.2, 0.25) is 0 Å². The second kappa shape index (κ2) is 8.02. The van der Waals surface area contributed by atoms with E-state index < -0.39 is 24.5 Å². The van der Waals surface area contributed by atoms with Crippen LogP contribution in [0.1, 0.15) is 33.4 Å². The lowest BCUT2D eigenvalue weighted by atomic mass is 9.95. The van der Waals surface area contributed by atoms with Gasteiger partial charge in [-0.25, -0.2) is 8.78 Å². The van der Waals surface area contributed by atoms with Gasteiger partial charge in [-0.2, -0.15) is 4.80 Å². The molecular formula is C21H20F2N6O. The van der Waals surface area contributed by atoms with Crippen molar-refractivity contribution in [3.05, 3.63) is 70.8 Å². The third-order valence-electron chi connectivity index (χ3n) is 4.99. The zero-order valence-corrected chi connectivity index (χ0v) is 16.1. The number of benzene rings is 2. The van der Waals surface area contributed by atoms with E-state index in [4.69, 9.17) is 4.11 Å². The third-order valence-corrected chi connectivity index (χ3v) is 4.99. The van der Waals surface area contributed by atoms with Crippen molar-refractivity contribution in [3.8, 4) is 0 Å². The van der Waals surface area contributed by atoms with Crippen LogP contribution in [0.25, 0.3) is 5.57 Å². The molecule has 2 aromatic carbocycles. The topological polar surface area (TPSA) is 75.9 Å². The van der Waals surface area contributed by atoms with Gasteiger partial charge < -0.3 is 10.2 Å². The quantitative estimate of drug-likeness (QED) is 0.709. The number of hydrogen-bond acceptors (Lipinski definition) is 5. The summed E-state index contributed by atoms with van der Waals surface area (Å²) in [5.41, 5.74) is 3.13. The highest BCUT2D eigenvalue weighted by Gasteiger charge is 2.21. The van der Waals surface area contributed by atoms with E-state index in [1.54, 1.807) is 12.1 Å². The molecule has 4 rings (SSSR count). The number of aryl methyl sites for hydroxylation is 1. The first-order valence-corrected chi connectivity index (χ1v) is 9.23. The SMILES string of the molecule is [2H]C([2H])([2H])n1nnc(N2CCC(C)=C(c3ccc(NC(=O)c4cccc(F)c4F)cc3)C2)n1. The first kappa shape index (κ1) is 16.2. The van der Waals surface area contributed by atoms with E-state index in [1.807, 2.05) is 24.0 Å². The molecule has 0 radical (unpaired) electrons. The number of halogens is 2. The number of tetrazole rings is 1. The fraction of sp³-hybridized carbons (Fsp3) is 0.238. The molecule has 0 atom stereocenters. The Morgan fingerprint density at radius 3 is 2.73 bits per heavy atom. The molecule has 0 aliphatic carbocycles. The van der Waals surface area contributed by atoms with E-state index in [0.717, 1.165) is 29.2 Å². The maximum Gasteiger partial charge on any atom is 0.266 e. The number of aromatic nitrogens is 4. The Labute approximate surface area is 176 Å². The maximum absolute atomic E-state index is 13.9. The number of nitrogens with one attached hydrogen (secondary N) is 1. The molecular weight excluding hydrogens is 390 g/mol. The smallest absolute Gasteiger partial charge is 0.266 e. The van der Waals surface area contributed by atoms with Gasteiger partial charge in [0.15, 0.2) is 11.6 Å². The lowest BCUT2D eigenvalue weighted by molar-refractivity contribution is 0.102. The number of anilines is 2. The molecule has 1 amide bonds. The van der Waals surface area contributed by atoms with Gasteiger partial charge >= 0.3 is 0 Å². The first-order valence-electron chi connectivity index (χ1n) is 10.7. The number of amides is 1.